The van der Waals surface area contributed by atoms with Gasteiger partial charge in [-0.2, -0.15) is 0 Å². The molecule has 28 heavy (non-hydrogen) atoms. The molecule has 7 heteroatoms. The van der Waals surface area contributed by atoms with Crippen molar-refractivity contribution in [1.82, 2.24) is 20.2 Å². The van der Waals surface area contributed by atoms with Gasteiger partial charge < -0.3 is 19.9 Å². The number of nitrogens with one attached hydrogen (secondary N) is 2. The highest BCUT2D eigenvalue weighted by Crippen LogP contribution is 2.23. The first-order valence-electron chi connectivity index (χ1n) is 9.81. The second kappa shape index (κ2) is 11.4. The molecule has 0 bridgehead atoms. The van der Waals surface area contributed by atoms with Gasteiger partial charge in [-0.1, -0.05) is 30.3 Å². The van der Waals surface area contributed by atoms with E-state index in [0.29, 0.717) is 6.54 Å². The number of hydrogen-bond acceptors (Lipinski definition) is 3. The van der Waals surface area contributed by atoms with E-state index in [4.69, 9.17) is 4.74 Å². The summed E-state index contributed by atoms with van der Waals surface area (Å²) >= 11 is 0. The summed E-state index contributed by atoms with van der Waals surface area (Å²) in [6, 6.07) is 10.6. The Labute approximate surface area is 185 Å². The van der Waals surface area contributed by atoms with E-state index in [0.717, 1.165) is 57.2 Å². The van der Waals surface area contributed by atoms with E-state index in [1.807, 2.05) is 12.4 Å². The Balaban J connectivity index is 0.00000280. The van der Waals surface area contributed by atoms with Crippen molar-refractivity contribution in [2.75, 3.05) is 20.2 Å². The summed E-state index contributed by atoms with van der Waals surface area (Å²) in [7, 11) is 1.79. The van der Waals surface area contributed by atoms with Crippen molar-refractivity contribution in [2.24, 2.45) is 4.99 Å². The number of nitrogens with zero attached hydrogens (tertiary/aromatic N) is 3. The van der Waals surface area contributed by atoms with E-state index in [2.05, 4.69) is 62.4 Å². The standard InChI is InChI=1S/C21H31N5O.HI/c1-21(11-7-15-27-21)17-25-20(22-2)24-16-19-23-12-14-26(19)13-6-10-18-8-4-3-5-9-18;/h3-5,8-9,12,14H,6-7,10-11,13,15-17H2,1-2H3,(H2,22,24,25);1H. The van der Waals surface area contributed by atoms with Crippen molar-refractivity contribution in [3.63, 3.8) is 0 Å². The van der Waals surface area contributed by atoms with Gasteiger partial charge in [0.1, 0.15) is 5.82 Å². The van der Waals surface area contributed by atoms with Crippen molar-refractivity contribution in [3.05, 3.63) is 54.1 Å². The summed E-state index contributed by atoms with van der Waals surface area (Å²) in [5, 5.41) is 6.74. The molecule has 2 N–H and O–H groups in total. The first-order valence-corrected chi connectivity index (χ1v) is 9.81. The van der Waals surface area contributed by atoms with Gasteiger partial charge in [-0.15, -0.1) is 24.0 Å². The van der Waals surface area contributed by atoms with Crippen molar-refractivity contribution in [1.29, 1.82) is 0 Å². The summed E-state index contributed by atoms with van der Waals surface area (Å²) in [4.78, 5) is 8.81. The van der Waals surface area contributed by atoms with Crippen LogP contribution in [0, 0.1) is 0 Å². The third-order valence-electron chi connectivity index (χ3n) is 5.08. The highest BCUT2D eigenvalue weighted by atomic mass is 127. The van der Waals surface area contributed by atoms with Crippen LogP contribution in [-0.2, 0) is 24.2 Å². The molecule has 1 aliphatic rings. The molecule has 0 spiro atoms. The molecule has 0 aliphatic carbocycles. The quantitative estimate of drug-likeness (QED) is 0.334. The minimum atomic E-state index is -0.0898. The molecular formula is C21H32IN5O. The largest absolute Gasteiger partial charge is 0.373 e. The van der Waals surface area contributed by atoms with E-state index in [-0.39, 0.29) is 29.6 Å². The Hall–Kier alpha value is -1.61. The molecule has 6 nitrogen and oxygen atoms in total. The van der Waals surface area contributed by atoms with E-state index >= 15 is 0 Å². The van der Waals surface area contributed by atoms with Crippen LogP contribution < -0.4 is 10.6 Å². The predicted molar refractivity (Wildman–Crippen MR) is 124 cm³/mol. The highest BCUT2D eigenvalue weighted by molar-refractivity contribution is 14.0. The molecule has 1 aliphatic heterocycles. The first kappa shape index (κ1) is 22.7. The summed E-state index contributed by atoms with van der Waals surface area (Å²) in [5.41, 5.74) is 1.29. The zero-order valence-corrected chi connectivity index (χ0v) is 19.2. The molecule has 1 saturated heterocycles. The van der Waals surface area contributed by atoms with Gasteiger partial charge in [0.05, 0.1) is 12.1 Å². The number of aromatic nitrogens is 2. The van der Waals surface area contributed by atoms with Crippen LogP contribution in [0.2, 0.25) is 0 Å². The molecule has 0 saturated carbocycles. The van der Waals surface area contributed by atoms with Gasteiger partial charge in [-0.05, 0) is 38.2 Å². The van der Waals surface area contributed by atoms with Crippen molar-refractivity contribution < 1.29 is 4.74 Å². The molecule has 1 atom stereocenters. The average molecular weight is 497 g/mol. The second-order valence-electron chi connectivity index (χ2n) is 7.31. The van der Waals surface area contributed by atoms with Crippen molar-refractivity contribution in [3.8, 4) is 0 Å². The molecular weight excluding hydrogens is 465 g/mol. The fourth-order valence-electron chi connectivity index (χ4n) is 3.44. The number of imidazole rings is 1. The van der Waals surface area contributed by atoms with Gasteiger partial charge in [-0.25, -0.2) is 4.98 Å². The molecule has 2 heterocycles. The predicted octanol–water partition coefficient (Wildman–Crippen LogP) is 3.37. The Kier molecular flexibility index (Phi) is 9.24. The maximum atomic E-state index is 5.82. The van der Waals surface area contributed by atoms with Gasteiger partial charge >= 0.3 is 0 Å². The molecule has 154 valence electrons. The molecule has 0 radical (unpaired) electrons. The number of ether oxygens (including phenoxy) is 1. The van der Waals surface area contributed by atoms with Gasteiger partial charge in [0.15, 0.2) is 5.96 Å². The Bertz CT molecular complexity index is 725. The lowest BCUT2D eigenvalue weighted by atomic mass is 10.0. The normalized spacial score (nSPS) is 19.3. The van der Waals surface area contributed by atoms with E-state index in [1.165, 1.54) is 5.56 Å². The molecule has 1 aromatic heterocycles. The van der Waals surface area contributed by atoms with Crippen LogP contribution in [0.4, 0.5) is 0 Å². The number of halogens is 1. The third kappa shape index (κ3) is 6.77. The van der Waals surface area contributed by atoms with Crippen LogP contribution in [0.15, 0.2) is 47.7 Å². The molecule has 1 fully saturated rings. The van der Waals surface area contributed by atoms with Crippen LogP contribution in [0.1, 0.15) is 37.6 Å². The third-order valence-corrected chi connectivity index (χ3v) is 5.08. The lowest BCUT2D eigenvalue weighted by Crippen LogP contribution is -2.45. The molecule has 1 unspecified atom stereocenters. The average Bonchev–Trinajstić information content (AvgIpc) is 3.32. The highest BCUT2D eigenvalue weighted by Gasteiger charge is 2.29. The summed E-state index contributed by atoms with van der Waals surface area (Å²) < 4.78 is 8.04. The van der Waals surface area contributed by atoms with Crippen LogP contribution in [-0.4, -0.2) is 41.3 Å². The number of guanidine groups is 1. The Morgan fingerprint density at radius 1 is 1.29 bits per heavy atom. The number of hydrogen-bond donors (Lipinski definition) is 2. The smallest absolute Gasteiger partial charge is 0.191 e. The minimum absolute atomic E-state index is 0. The summed E-state index contributed by atoms with van der Waals surface area (Å²) in [6.07, 6.45) is 8.30. The maximum absolute atomic E-state index is 5.82. The lowest BCUT2D eigenvalue weighted by molar-refractivity contribution is 0.0243. The number of aryl methyl sites for hydroxylation is 2. The van der Waals surface area contributed by atoms with Gasteiger partial charge in [0.25, 0.3) is 0 Å². The van der Waals surface area contributed by atoms with Gasteiger partial charge in [0, 0.05) is 39.1 Å². The minimum Gasteiger partial charge on any atom is -0.373 e. The first-order chi connectivity index (χ1) is 13.2. The van der Waals surface area contributed by atoms with Crippen LogP contribution in [0.25, 0.3) is 0 Å². The van der Waals surface area contributed by atoms with Crippen LogP contribution in [0.5, 0.6) is 0 Å². The number of rotatable bonds is 8. The fraction of sp³-hybridized carbons (Fsp3) is 0.524. The van der Waals surface area contributed by atoms with Crippen molar-refractivity contribution in [2.45, 2.75) is 51.3 Å². The van der Waals surface area contributed by atoms with Crippen LogP contribution in [0.3, 0.4) is 0 Å². The maximum Gasteiger partial charge on any atom is 0.191 e. The number of aliphatic imine (C=N–C) groups is 1. The summed E-state index contributed by atoms with van der Waals surface area (Å²) in [6.45, 7) is 5.38. The molecule has 1 aromatic carbocycles. The van der Waals surface area contributed by atoms with Gasteiger partial charge in [-0.3, -0.25) is 4.99 Å². The zero-order valence-electron chi connectivity index (χ0n) is 16.9. The monoisotopic (exact) mass is 497 g/mol. The second-order valence-corrected chi connectivity index (χ2v) is 7.31. The SMILES string of the molecule is CN=C(NCc1nccn1CCCc1ccccc1)NCC1(C)CCCO1.I. The molecule has 3 rings (SSSR count). The molecule has 2 aromatic rings. The van der Waals surface area contributed by atoms with Crippen LogP contribution >= 0.6 is 24.0 Å². The zero-order chi connectivity index (χ0) is 19.0. The van der Waals surface area contributed by atoms with E-state index < -0.39 is 0 Å². The van der Waals surface area contributed by atoms with E-state index in [1.54, 1.807) is 7.05 Å². The fourth-order valence-corrected chi connectivity index (χ4v) is 3.44. The summed E-state index contributed by atoms with van der Waals surface area (Å²) in [5.74, 6) is 1.81. The number of benzene rings is 1. The Morgan fingerprint density at radius 2 is 2.11 bits per heavy atom. The van der Waals surface area contributed by atoms with E-state index in [9.17, 15) is 0 Å². The van der Waals surface area contributed by atoms with Gasteiger partial charge in [0.2, 0.25) is 0 Å². The lowest BCUT2D eigenvalue weighted by Gasteiger charge is -2.24. The topological polar surface area (TPSA) is 63.5 Å². The molecule has 0 amide bonds. The van der Waals surface area contributed by atoms with Crippen molar-refractivity contribution >= 4 is 29.9 Å². The Morgan fingerprint density at radius 3 is 2.82 bits per heavy atom.